The molecular formula is C17H20N2OS. The van der Waals surface area contributed by atoms with E-state index in [-0.39, 0.29) is 12.1 Å². The normalized spacial score (nSPS) is 19.0. The largest absolute Gasteiger partial charge is 0.322 e. The van der Waals surface area contributed by atoms with Crippen molar-refractivity contribution in [3.8, 4) is 0 Å². The summed E-state index contributed by atoms with van der Waals surface area (Å²) in [7, 11) is 0. The van der Waals surface area contributed by atoms with Crippen LogP contribution in [0.5, 0.6) is 0 Å². The molecule has 1 N–H and O–H groups in total. The maximum absolute atomic E-state index is 12.6. The quantitative estimate of drug-likeness (QED) is 0.840. The van der Waals surface area contributed by atoms with E-state index in [1.165, 1.54) is 17.7 Å². The number of carbonyl (C=O) groups is 1. The third-order valence-corrected chi connectivity index (χ3v) is 4.88. The van der Waals surface area contributed by atoms with Gasteiger partial charge in [0, 0.05) is 17.1 Å². The lowest BCUT2D eigenvalue weighted by Gasteiger charge is -2.29. The van der Waals surface area contributed by atoms with Gasteiger partial charge in [0.15, 0.2) is 0 Å². The minimum atomic E-state index is 0.0153. The highest BCUT2D eigenvalue weighted by Crippen LogP contribution is 2.33. The zero-order valence-corrected chi connectivity index (χ0v) is 12.8. The summed E-state index contributed by atoms with van der Waals surface area (Å²) in [6, 6.07) is 14.1. The maximum atomic E-state index is 12.6. The van der Waals surface area contributed by atoms with E-state index in [0.29, 0.717) is 0 Å². The summed E-state index contributed by atoms with van der Waals surface area (Å²) in [6.45, 7) is 0.835. The highest BCUT2D eigenvalue weighted by atomic mass is 32.1. The van der Waals surface area contributed by atoms with Crippen LogP contribution in [0.4, 0.5) is 10.5 Å². The highest BCUT2D eigenvalue weighted by Gasteiger charge is 2.27. The minimum Gasteiger partial charge on any atom is -0.317 e. The second-order valence-corrected chi connectivity index (χ2v) is 6.35. The molecule has 0 unspecified atom stereocenters. The summed E-state index contributed by atoms with van der Waals surface area (Å²) in [4.78, 5) is 15.9. The zero-order valence-electron chi connectivity index (χ0n) is 12.0. The number of urea groups is 1. The first-order valence-electron chi connectivity index (χ1n) is 7.50. The van der Waals surface area contributed by atoms with Crippen LogP contribution in [-0.4, -0.2) is 17.5 Å². The Kier molecular flexibility index (Phi) is 4.55. The number of hydrogen-bond acceptors (Lipinski definition) is 2. The number of carbonyl (C=O) groups excluding carboxylic acids is 1. The number of benzene rings is 1. The molecule has 0 aliphatic carbocycles. The van der Waals surface area contributed by atoms with E-state index in [0.717, 1.165) is 25.1 Å². The molecule has 2 heterocycles. The van der Waals surface area contributed by atoms with Gasteiger partial charge in [0.1, 0.15) is 0 Å². The van der Waals surface area contributed by atoms with Gasteiger partial charge in [-0.25, -0.2) is 4.79 Å². The van der Waals surface area contributed by atoms with Crippen molar-refractivity contribution < 1.29 is 4.79 Å². The highest BCUT2D eigenvalue weighted by molar-refractivity contribution is 7.10. The zero-order chi connectivity index (χ0) is 14.5. The lowest BCUT2D eigenvalue weighted by molar-refractivity contribution is 0.190. The molecule has 1 aromatic heterocycles. The summed E-state index contributed by atoms with van der Waals surface area (Å²) in [5.74, 6) is 0. The van der Waals surface area contributed by atoms with Gasteiger partial charge in [0.2, 0.25) is 0 Å². The number of anilines is 1. The van der Waals surface area contributed by atoms with Crippen molar-refractivity contribution in [1.82, 2.24) is 4.90 Å². The van der Waals surface area contributed by atoms with Crippen LogP contribution in [0.25, 0.3) is 0 Å². The van der Waals surface area contributed by atoms with Crippen LogP contribution < -0.4 is 5.32 Å². The monoisotopic (exact) mass is 300 g/mol. The third-order valence-electron chi connectivity index (χ3n) is 3.91. The minimum absolute atomic E-state index is 0.0153. The van der Waals surface area contributed by atoms with Crippen LogP contribution >= 0.6 is 11.3 Å². The molecule has 3 nitrogen and oxygen atoms in total. The fourth-order valence-corrected chi connectivity index (χ4v) is 3.72. The molecule has 0 bridgehead atoms. The number of likely N-dealkylation sites (tertiary alicyclic amines) is 1. The number of para-hydroxylation sites is 1. The summed E-state index contributed by atoms with van der Waals surface area (Å²) in [5, 5.41) is 5.11. The Morgan fingerprint density at radius 3 is 2.71 bits per heavy atom. The van der Waals surface area contributed by atoms with Crippen molar-refractivity contribution >= 4 is 23.1 Å². The molecule has 1 aliphatic rings. The van der Waals surface area contributed by atoms with Crippen molar-refractivity contribution in [3.63, 3.8) is 0 Å². The molecule has 1 aliphatic heterocycles. The van der Waals surface area contributed by atoms with E-state index in [2.05, 4.69) is 22.8 Å². The Morgan fingerprint density at radius 1 is 1.10 bits per heavy atom. The van der Waals surface area contributed by atoms with E-state index in [1.807, 2.05) is 35.2 Å². The molecule has 4 heteroatoms. The van der Waals surface area contributed by atoms with Gasteiger partial charge >= 0.3 is 6.03 Å². The van der Waals surface area contributed by atoms with Gasteiger partial charge in [-0.15, -0.1) is 11.3 Å². The summed E-state index contributed by atoms with van der Waals surface area (Å²) in [5.41, 5.74) is 0.858. The first kappa shape index (κ1) is 14.1. The molecule has 0 spiro atoms. The van der Waals surface area contributed by atoms with Crippen LogP contribution in [0.15, 0.2) is 47.8 Å². The molecule has 3 rings (SSSR count). The van der Waals surface area contributed by atoms with Crippen LogP contribution in [0.2, 0.25) is 0 Å². The lowest BCUT2D eigenvalue weighted by atomic mass is 10.1. The molecular weight excluding hydrogens is 280 g/mol. The maximum Gasteiger partial charge on any atom is 0.322 e. The van der Waals surface area contributed by atoms with E-state index in [4.69, 9.17) is 0 Å². The van der Waals surface area contributed by atoms with Gasteiger partial charge in [0.25, 0.3) is 0 Å². The van der Waals surface area contributed by atoms with Gasteiger partial charge in [-0.3, -0.25) is 0 Å². The standard InChI is InChI=1S/C17H20N2OS/c20-17(18-14-8-3-1-4-9-14)19-12-6-2-5-10-15(19)16-11-7-13-21-16/h1,3-4,7-9,11,13,15H,2,5-6,10,12H2,(H,18,20)/t15-/m0/s1. The van der Waals surface area contributed by atoms with Gasteiger partial charge in [0.05, 0.1) is 6.04 Å². The first-order valence-corrected chi connectivity index (χ1v) is 8.38. The van der Waals surface area contributed by atoms with Crippen LogP contribution in [-0.2, 0) is 0 Å². The molecule has 110 valence electrons. The number of thiophene rings is 1. The van der Waals surface area contributed by atoms with Crippen molar-refractivity contribution in [3.05, 3.63) is 52.7 Å². The van der Waals surface area contributed by atoms with Gasteiger partial charge in [-0.05, 0) is 36.4 Å². The Balaban J connectivity index is 1.77. The van der Waals surface area contributed by atoms with Crippen LogP contribution in [0.1, 0.15) is 36.6 Å². The number of nitrogens with one attached hydrogen (secondary N) is 1. The smallest absolute Gasteiger partial charge is 0.317 e. The number of nitrogens with zero attached hydrogens (tertiary/aromatic N) is 1. The Hall–Kier alpha value is -1.81. The average molecular weight is 300 g/mol. The molecule has 2 amide bonds. The van der Waals surface area contributed by atoms with E-state index in [1.54, 1.807) is 11.3 Å². The van der Waals surface area contributed by atoms with E-state index >= 15 is 0 Å². The first-order chi connectivity index (χ1) is 10.3. The fraction of sp³-hybridized carbons (Fsp3) is 0.353. The van der Waals surface area contributed by atoms with Crippen LogP contribution in [0, 0.1) is 0 Å². The molecule has 1 aromatic carbocycles. The predicted octanol–water partition coefficient (Wildman–Crippen LogP) is 4.90. The summed E-state index contributed by atoms with van der Waals surface area (Å²) >= 11 is 1.74. The Bertz CT molecular complexity index is 568. The fourth-order valence-electron chi connectivity index (χ4n) is 2.84. The Labute approximate surface area is 129 Å². The Morgan fingerprint density at radius 2 is 1.95 bits per heavy atom. The van der Waals surface area contributed by atoms with Gasteiger partial charge < -0.3 is 10.2 Å². The summed E-state index contributed by atoms with van der Waals surface area (Å²) in [6.07, 6.45) is 4.54. The van der Waals surface area contributed by atoms with Crippen molar-refractivity contribution in [2.45, 2.75) is 31.7 Å². The molecule has 2 aromatic rings. The van der Waals surface area contributed by atoms with Crippen LogP contribution in [0.3, 0.4) is 0 Å². The molecule has 1 saturated heterocycles. The molecule has 1 atom stereocenters. The van der Waals surface area contributed by atoms with E-state index in [9.17, 15) is 4.79 Å². The molecule has 1 fully saturated rings. The SMILES string of the molecule is O=C(Nc1ccccc1)N1CCCCC[C@H]1c1cccs1. The second-order valence-electron chi connectivity index (χ2n) is 5.37. The van der Waals surface area contributed by atoms with Crippen molar-refractivity contribution in [2.75, 3.05) is 11.9 Å². The van der Waals surface area contributed by atoms with Gasteiger partial charge in [-0.2, -0.15) is 0 Å². The average Bonchev–Trinajstić information content (AvgIpc) is 2.92. The second kappa shape index (κ2) is 6.76. The van der Waals surface area contributed by atoms with Crippen molar-refractivity contribution in [1.29, 1.82) is 0 Å². The third kappa shape index (κ3) is 3.45. The predicted molar refractivity (Wildman–Crippen MR) is 87.7 cm³/mol. The van der Waals surface area contributed by atoms with Crippen molar-refractivity contribution in [2.24, 2.45) is 0 Å². The molecule has 21 heavy (non-hydrogen) atoms. The van der Waals surface area contributed by atoms with E-state index < -0.39 is 0 Å². The summed E-state index contributed by atoms with van der Waals surface area (Å²) < 4.78 is 0. The molecule has 0 saturated carbocycles. The lowest BCUT2D eigenvalue weighted by Crippen LogP contribution is -2.37. The number of rotatable bonds is 2. The number of amides is 2. The topological polar surface area (TPSA) is 32.3 Å². The molecule has 0 radical (unpaired) electrons. The van der Waals surface area contributed by atoms with Gasteiger partial charge in [-0.1, -0.05) is 37.1 Å². The number of hydrogen-bond donors (Lipinski definition) is 1.